The van der Waals surface area contributed by atoms with E-state index in [0.717, 1.165) is 18.4 Å². The first kappa shape index (κ1) is 21.4. The van der Waals surface area contributed by atoms with Gasteiger partial charge in [-0.05, 0) is 52.3 Å². The number of hydrogen-bond donors (Lipinski definition) is 3. The minimum Gasteiger partial charge on any atom is -0.453 e. The van der Waals surface area contributed by atoms with Crippen molar-refractivity contribution in [3.05, 3.63) is 11.4 Å². The smallest absolute Gasteiger partial charge is 0.409 e. The predicted molar refractivity (Wildman–Crippen MR) is 99.2 cm³/mol. The van der Waals surface area contributed by atoms with E-state index in [1.54, 1.807) is 11.9 Å². The fourth-order valence-corrected chi connectivity index (χ4v) is 3.13. The molecular formula is C17H33N5O3. The summed E-state index contributed by atoms with van der Waals surface area (Å²) in [4.78, 5) is 22.9. The number of likely N-dealkylation sites (tertiary alicyclic amines) is 1. The molecule has 4 atom stereocenters. The van der Waals surface area contributed by atoms with Gasteiger partial charge in [-0.15, -0.1) is 0 Å². The van der Waals surface area contributed by atoms with Crippen LogP contribution < -0.4 is 16.5 Å². The van der Waals surface area contributed by atoms with Crippen LogP contribution in [0.15, 0.2) is 16.4 Å². The third-order valence-corrected chi connectivity index (χ3v) is 4.62. The van der Waals surface area contributed by atoms with E-state index in [9.17, 15) is 4.79 Å². The van der Waals surface area contributed by atoms with E-state index in [1.807, 2.05) is 20.8 Å². The van der Waals surface area contributed by atoms with Crippen molar-refractivity contribution in [2.45, 2.75) is 64.3 Å². The number of hydrogen-bond acceptors (Lipinski definition) is 7. The van der Waals surface area contributed by atoms with Crippen LogP contribution in [0.25, 0.3) is 0 Å². The van der Waals surface area contributed by atoms with Crippen molar-refractivity contribution < 1.29 is 14.4 Å². The average Bonchev–Trinajstić information content (AvgIpc) is 2.58. The summed E-state index contributed by atoms with van der Waals surface area (Å²) >= 11 is 0. The van der Waals surface area contributed by atoms with Gasteiger partial charge in [0.25, 0.3) is 0 Å². The van der Waals surface area contributed by atoms with Crippen LogP contribution in [0.1, 0.15) is 40.0 Å². The molecule has 0 radical (unpaired) electrons. The molecule has 0 bridgehead atoms. The highest BCUT2D eigenvalue weighted by Gasteiger charge is 2.30. The topological polar surface area (TPSA) is 101 Å². The zero-order valence-electron chi connectivity index (χ0n) is 16.0. The summed E-state index contributed by atoms with van der Waals surface area (Å²) < 4.78 is 4.82. The maximum Gasteiger partial charge on any atom is 0.409 e. The van der Waals surface area contributed by atoms with Crippen LogP contribution in [0.3, 0.4) is 0 Å². The van der Waals surface area contributed by atoms with Crippen molar-refractivity contribution in [2.75, 3.05) is 20.7 Å². The third-order valence-electron chi connectivity index (χ3n) is 4.62. The summed E-state index contributed by atoms with van der Waals surface area (Å²) in [5, 5.41) is 3.43. The molecule has 0 aliphatic carbocycles. The van der Waals surface area contributed by atoms with E-state index in [1.165, 1.54) is 7.11 Å². The van der Waals surface area contributed by atoms with Crippen LogP contribution in [-0.2, 0) is 9.57 Å². The van der Waals surface area contributed by atoms with Gasteiger partial charge in [0.1, 0.15) is 5.82 Å². The van der Waals surface area contributed by atoms with E-state index in [-0.39, 0.29) is 30.3 Å². The molecule has 0 spiro atoms. The van der Waals surface area contributed by atoms with Gasteiger partial charge >= 0.3 is 6.09 Å². The summed E-state index contributed by atoms with van der Waals surface area (Å²) in [6.07, 6.45) is 2.02. The van der Waals surface area contributed by atoms with E-state index in [0.29, 0.717) is 18.8 Å². The highest BCUT2D eigenvalue weighted by atomic mass is 16.7. The molecule has 0 aromatic carbocycles. The second-order valence-corrected chi connectivity index (χ2v) is 6.54. The van der Waals surface area contributed by atoms with Gasteiger partial charge in [-0.2, -0.15) is 0 Å². The maximum atomic E-state index is 11.7. The van der Waals surface area contributed by atoms with Crippen LogP contribution >= 0.6 is 0 Å². The van der Waals surface area contributed by atoms with Gasteiger partial charge < -0.3 is 20.7 Å². The molecule has 1 aliphatic rings. The molecule has 1 saturated heterocycles. The minimum absolute atomic E-state index is 0.00988. The van der Waals surface area contributed by atoms with Gasteiger partial charge in [-0.1, -0.05) is 0 Å². The number of nitrogens with zero attached hydrogens (tertiary/aromatic N) is 2. The molecule has 1 rings (SSSR count). The van der Waals surface area contributed by atoms with Gasteiger partial charge in [0.15, 0.2) is 0 Å². The van der Waals surface area contributed by atoms with Crippen molar-refractivity contribution in [1.29, 1.82) is 0 Å². The quantitative estimate of drug-likeness (QED) is 0.449. The number of piperidine rings is 1. The normalized spacial score (nSPS) is 24.2. The highest BCUT2D eigenvalue weighted by Crippen LogP contribution is 2.20. The molecule has 25 heavy (non-hydrogen) atoms. The second kappa shape index (κ2) is 10.4. The standard InChI is InChI=1S/C17H33N5O3/c1-11-9-14(7-8-22(11)17(23)24-6)21-16(19-4)13(3)15(18)10-12(2)25-20-5/h11-12,14-15,20-21H,4,7-10,18H2,1-3,5-6H3/b16-13+/t11-,12?,14-,15?/m0/s1. The molecule has 8 heteroatoms. The molecule has 4 N–H and O–H groups in total. The summed E-state index contributed by atoms with van der Waals surface area (Å²) in [6, 6.07) is 0.135. The Bertz CT molecular complexity index is 483. The largest absolute Gasteiger partial charge is 0.453 e. The Kier molecular flexibility index (Phi) is 8.88. The minimum atomic E-state index is -0.278. The molecular weight excluding hydrogens is 322 g/mol. The molecule has 2 unspecified atom stereocenters. The first-order valence-electron chi connectivity index (χ1n) is 8.70. The first-order valence-corrected chi connectivity index (χ1v) is 8.70. The Morgan fingerprint density at radius 2 is 2.20 bits per heavy atom. The molecule has 8 nitrogen and oxygen atoms in total. The number of rotatable bonds is 8. The lowest BCUT2D eigenvalue weighted by molar-refractivity contribution is -0.00718. The van der Waals surface area contributed by atoms with E-state index in [4.69, 9.17) is 15.3 Å². The zero-order chi connectivity index (χ0) is 19.0. The Hall–Kier alpha value is -1.64. The Labute approximate surface area is 150 Å². The molecule has 1 amide bonds. The second-order valence-electron chi connectivity index (χ2n) is 6.54. The van der Waals surface area contributed by atoms with Crippen molar-refractivity contribution in [2.24, 2.45) is 10.7 Å². The summed E-state index contributed by atoms with van der Waals surface area (Å²) in [5.41, 5.74) is 9.90. The van der Waals surface area contributed by atoms with E-state index in [2.05, 4.69) is 22.5 Å². The van der Waals surface area contributed by atoms with Crippen LogP contribution in [0, 0.1) is 0 Å². The number of aliphatic imine (C=N–C) groups is 1. The zero-order valence-corrected chi connectivity index (χ0v) is 16.0. The van der Waals surface area contributed by atoms with Crippen molar-refractivity contribution >= 4 is 12.8 Å². The fourth-order valence-electron chi connectivity index (χ4n) is 3.13. The average molecular weight is 355 g/mol. The molecule has 0 aromatic heterocycles. The number of ether oxygens (including phenoxy) is 1. The predicted octanol–water partition coefficient (Wildman–Crippen LogP) is 1.38. The molecule has 0 saturated carbocycles. The first-order chi connectivity index (χ1) is 11.8. The molecule has 1 aliphatic heterocycles. The van der Waals surface area contributed by atoms with Crippen LogP contribution in [0.2, 0.25) is 0 Å². The van der Waals surface area contributed by atoms with E-state index < -0.39 is 0 Å². The number of nitrogens with one attached hydrogen (secondary N) is 2. The lowest BCUT2D eigenvalue weighted by atomic mass is 9.98. The van der Waals surface area contributed by atoms with Crippen LogP contribution in [0.4, 0.5) is 4.79 Å². The van der Waals surface area contributed by atoms with Crippen molar-refractivity contribution in [1.82, 2.24) is 15.7 Å². The number of amides is 1. The number of nitrogens with two attached hydrogens (primary N) is 1. The fraction of sp³-hybridized carbons (Fsp3) is 0.765. The van der Waals surface area contributed by atoms with Gasteiger partial charge in [0, 0.05) is 31.7 Å². The van der Waals surface area contributed by atoms with Gasteiger partial charge in [-0.25, -0.2) is 15.3 Å². The molecule has 1 fully saturated rings. The van der Waals surface area contributed by atoms with Crippen molar-refractivity contribution in [3.8, 4) is 0 Å². The lowest BCUT2D eigenvalue weighted by Gasteiger charge is -2.37. The summed E-state index contributed by atoms with van der Waals surface area (Å²) in [6.45, 7) is 10.3. The highest BCUT2D eigenvalue weighted by molar-refractivity contribution is 5.67. The van der Waals surface area contributed by atoms with Crippen LogP contribution in [0.5, 0.6) is 0 Å². The number of methoxy groups -OCH3 is 1. The molecule has 0 aromatic rings. The lowest BCUT2D eigenvalue weighted by Crippen LogP contribution is -2.49. The Morgan fingerprint density at radius 3 is 2.72 bits per heavy atom. The van der Waals surface area contributed by atoms with Crippen LogP contribution in [-0.4, -0.2) is 62.6 Å². The number of carbonyl (C=O) groups is 1. The molecule has 1 heterocycles. The van der Waals surface area contributed by atoms with Gasteiger partial charge in [0.2, 0.25) is 0 Å². The van der Waals surface area contributed by atoms with Gasteiger partial charge in [-0.3, -0.25) is 4.84 Å². The number of carbonyl (C=O) groups excluding carboxylic acids is 1. The third kappa shape index (κ3) is 6.30. The Balaban J connectivity index is 2.68. The summed E-state index contributed by atoms with van der Waals surface area (Å²) in [5.74, 6) is 0.716. The van der Waals surface area contributed by atoms with E-state index >= 15 is 0 Å². The van der Waals surface area contributed by atoms with Gasteiger partial charge in [0.05, 0.1) is 13.2 Å². The maximum absolute atomic E-state index is 11.7. The van der Waals surface area contributed by atoms with Crippen molar-refractivity contribution in [3.63, 3.8) is 0 Å². The SMILES string of the molecule is C=N/C(N[C@H]1CCN(C(=O)OC)[C@@H](C)C1)=C(/C)C(N)CC(C)ONC. The Morgan fingerprint density at radius 1 is 1.52 bits per heavy atom. The monoisotopic (exact) mass is 355 g/mol. The summed E-state index contributed by atoms with van der Waals surface area (Å²) in [7, 11) is 3.14. The number of hydroxylamine groups is 1. The molecule has 144 valence electrons.